The molecule has 1 nitrogen and oxygen atoms in total. The zero-order valence-electron chi connectivity index (χ0n) is 8.50. The van der Waals surface area contributed by atoms with Gasteiger partial charge in [-0.1, -0.05) is 24.3 Å². The third-order valence-corrected chi connectivity index (χ3v) is 3.80. The molecular weight excluding hydrogens is 170 g/mol. The zero-order valence-corrected chi connectivity index (χ0v) is 8.50. The van der Waals surface area contributed by atoms with E-state index in [1.165, 1.54) is 25.8 Å². The van der Waals surface area contributed by atoms with Crippen LogP contribution in [0.1, 0.15) is 19.3 Å². The minimum absolute atomic E-state index is 0.728. The molecule has 1 aliphatic heterocycles. The summed E-state index contributed by atoms with van der Waals surface area (Å²) in [6, 6.07) is 0. The highest BCUT2D eigenvalue weighted by molar-refractivity contribution is 5.40. The first kappa shape index (κ1) is 8.49. The van der Waals surface area contributed by atoms with Crippen molar-refractivity contribution in [3.8, 4) is 0 Å². The summed E-state index contributed by atoms with van der Waals surface area (Å²) >= 11 is 0. The van der Waals surface area contributed by atoms with Crippen molar-refractivity contribution >= 4 is 0 Å². The first-order chi connectivity index (χ1) is 6.95. The van der Waals surface area contributed by atoms with Crippen LogP contribution in [-0.2, 0) is 0 Å². The van der Waals surface area contributed by atoms with Crippen LogP contribution in [0.3, 0.4) is 0 Å². The lowest BCUT2D eigenvalue weighted by atomic mass is 9.73. The van der Waals surface area contributed by atoms with E-state index in [1.807, 2.05) is 0 Å². The van der Waals surface area contributed by atoms with Gasteiger partial charge in [-0.2, -0.15) is 0 Å². The molecule has 2 atom stereocenters. The van der Waals surface area contributed by atoms with Crippen LogP contribution in [0.2, 0.25) is 0 Å². The van der Waals surface area contributed by atoms with Crippen LogP contribution in [0.25, 0.3) is 0 Å². The van der Waals surface area contributed by atoms with Crippen molar-refractivity contribution in [3.63, 3.8) is 0 Å². The number of allylic oxidation sites excluding steroid dienone is 5. The van der Waals surface area contributed by atoms with E-state index in [4.69, 9.17) is 0 Å². The second-order valence-electron chi connectivity index (χ2n) is 4.57. The third kappa shape index (κ3) is 1.27. The molecule has 14 heavy (non-hydrogen) atoms. The Kier molecular flexibility index (Phi) is 2.06. The molecule has 1 heterocycles. The Morgan fingerprint density at radius 2 is 2.14 bits per heavy atom. The number of hydrogen-bond donors (Lipinski definition) is 1. The van der Waals surface area contributed by atoms with Gasteiger partial charge >= 0.3 is 0 Å². The van der Waals surface area contributed by atoms with Crippen molar-refractivity contribution in [2.75, 3.05) is 13.1 Å². The first-order valence-corrected chi connectivity index (χ1v) is 5.73. The molecule has 0 aromatic carbocycles. The van der Waals surface area contributed by atoms with E-state index >= 15 is 0 Å². The molecule has 0 radical (unpaired) electrons. The van der Waals surface area contributed by atoms with Gasteiger partial charge in [0.15, 0.2) is 0 Å². The summed E-state index contributed by atoms with van der Waals surface area (Å²) in [5.41, 5.74) is 3.32. The van der Waals surface area contributed by atoms with Crippen LogP contribution in [0.4, 0.5) is 0 Å². The molecule has 2 unspecified atom stereocenters. The second-order valence-corrected chi connectivity index (χ2v) is 4.57. The van der Waals surface area contributed by atoms with E-state index in [0.29, 0.717) is 0 Å². The van der Waals surface area contributed by atoms with Gasteiger partial charge in [0.25, 0.3) is 0 Å². The highest BCUT2D eigenvalue weighted by Crippen LogP contribution is 2.39. The van der Waals surface area contributed by atoms with Gasteiger partial charge in [-0.15, -0.1) is 0 Å². The van der Waals surface area contributed by atoms with E-state index in [-0.39, 0.29) is 0 Å². The van der Waals surface area contributed by atoms with Gasteiger partial charge in [0, 0.05) is 12.5 Å². The minimum Gasteiger partial charge on any atom is -0.313 e. The van der Waals surface area contributed by atoms with Crippen molar-refractivity contribution in [1.82, 2.24) is 5.32 Å². The highest BCUT2D eigenvalue weighted by Gasteiger charge is 2.29. The Morgan fingerprint density at radius 1 is 1.14 bits per heavy atom. The summed E-state index contributed by atoms with van der Waals surface area (Å²) in [6.07, 6.45) is 13.2. The van der Waals surface area contributed by atoms with Gasteiger partial charge in [0.2, 0.25) is 0 Å². The highest BCUT2D eigenvalue weighted by atomic mass is 14.9. The van der Waals surface area contributed by atoms with Crippen molar-refractivity contribution < 1.29 is 0 Å². The molecule has 1 heteroatoms. The number of rotatable bonds is 0. The Morgan fingerprint density at radius 3 is 3.14 bits per heavy atom. The maximum atomic E-state index is 3.50. The van der Waals surface area contributed by atoms with Crippen molar-refractivity contribution in [1.29, 1.82) is 0 Å². The normalized spacial score (nSPS) is 35.4. The fraction of sp³-hybridized carbons (Fsp3) is 0.538. The predicted molar refractivity (Wildman–Crippen MR) is 59.0 cm³/mol. The lowest BCUT2D eigenvalue weighted by molar-refractivity contribution is 0.384. The summed E-state index contributed by atoms with van der Waals surface area (Å²) < 4.78 is 0. The van der Waals surface area contributed by atoms with Crippen molar-refractivity contribution in [2.24, 2.45) is 11.8 Å². The Labute approximate surface area is 85.6 Å². The average Bonchev–Trinajstić information content (AvgIpc) is 2.29. The van der Waals surface area contributed by atoms with Crippen LogP contribution < -0.4 is 5.32 Å². The quantitative estimate of drug-likeness (QED) is 0.614. The predicted octanol–water partition coefficient (Wildman–Crippen LogP) is 2.43. The van der Waals surface area contributed by atoms with Crippen LogP contribution >= 0.6 is 0 Å². The van der Waals surface area contributed by atoms with E-state index in [2.05, 4.69) is 29.6 Å². The lowest BCUT2D eigenvalue weighted by Crippen LogP contribution is -2.34. The topological polar surface area (TPSA) is 12.0 Å². The van der Waals surface area contributed by atoms with Crippen LogP contribution in [0, 0.1) is 11.8 Å². The molecule has 74 valence electrons. The van der Waals surface area contributed by atoms with Gasteiger partial charge in [-0.3, -0.25) is 0 Å². The Hall–Kier alpha value is -0.820. The molecule has 3 aliphatic rings. The summed E-state index contributed by atoms with van der Waals surface area (Å²) in [7, 11) is 0. The van der Waals surface area contributed by atoms with E-state index < -0.39 is 0 Å². The fourth-order valence-corrected chi connectivity index (χ4v) is 3.04. The maximum absolute atomic E-state index is 3.50. The summed E-state index contributed by atoms with van der Waals surface area (Å²) in [5, 5.41) is 3.50. The maximum Gasteiger partial charge on any atom is 0.0173 e. The Balaban J connectivity index is 2.00. The number of hydrogen-bond acceptors (Lipinski definition) is 1. The molecule has 0 saturated carbocycles. The fourth-order valence-electron chi connectivity index (χ4n) is 3.04. The standard InChI is InChI=1S/C13H17N/c1-2-4-12-10(3-1)5-6-11-7-8-14-9-13(11)12/h1-4,10-11,14H,5-9H2. The van der Waals surface area contributed by atoms with E-state index in [0.717, 1.165) is 18.4 Å². The van der Waals surface area contributed by atoms with E-state index in [1.54, 1.807) is 11.1 Å². The molecule has 1 fully saturated rings. The van der Waals surface area contributed by atoms with Crippen LogP contribution in [0.15, 0.2) is 35.5 Å². The number of fused-ring (bicyclic) bond motifs is 2. The van der Waals surface area contributed by atoms with E-state index in [9.17, 15) is 0 Å². The van der Waals surface area contributed by atoms with Gasteiger partial charge in [0.1, 0.15) is 0 Å². The molecule has 0 aromatic heterocycles. The molecule has 0 spiro atoms. The number of nitrogens with one attached hydrogen (secondary N) is 1. The molecule has 1 saturated heterocycles. The van der Waals surface area contributed by atoms with Gasteiger partial charge in [0.05, 0.1) is 0 Å². The second kappa shape index (κ2) is 3.39. The molecule has 1 N–H and O–H groups in total. The molecule has 0 amide bonds. The SMILES string of the molecule is C1=CC2=C3CNCCC3CCC2C=C1. The monoisotopic (exact) mass is 187 g/mol. The molecule has 2 aliphatic carbocycles. The first-order valence-electron chi connectivity index (χ1n) is 5.73. The third-order valence-electron chi connectivity index (χ3n) is 3.80. The summed E-state index contributed by atoms with van der Waals surface area (Å²) in [4.78, 5) is 0. The summed E-state index contributed by atoms with van der Waals surface area (Å²) in [5.74, 6) is 1.62. The molecule has 0 aromatic rings. The van der Waals surface area contributed by atoms with Gasteiger partial charge in [-0.25, -0.2) is 0 Å². The number of piperidine rings is 1. The molecule has 0 bridgehead atoms. The van der Waals surface area contributed by atoms with Gasteiger partial charge < -0.3 is 5.32 Å². The average molecular weight is 187 g/mol. The smallest absolute Gasteiger partial charge is 0.0173 e. The van der Waals surface area contributed by atoms with Gasteiger partial charge in [-0.05, 0) is 42.9 Å². The largest absolute Gasteiger partial charge is 0.313 e. The zero-order chi connectivity index (χ0) is 9.38. The Bertz CT molecular complexity index is 322. The molecule has 3 rings (SSSR count). The van der Waals surface area contributed by atoms with Crippen molar-refractivity contribution in [3.05, 3.63) is 35.5 Å². The summed E-state index contributed by atoms with van der Waals surface area (Å²) in [6.45, 7) is 2.35. The van der Waals surface area contributed by atoms with Crippen LogP contribution in [0.5, 0.6) is 0 Å². The lowest BCUT2D eigenvalue weighted by Gasteiger charge is -2.36. The molecular formula is C13H17N. The minimum atomic E-state index is 0.728. The van der Waals surface area contributed by atoms with Crippen molar-refractivity contribution in [2.45, 2.75) is 19.3 Å². The van der Waals surface area contributed by atoms with Crippen LogP contribution in [-0.4, -0.2) is 13.1 Å².